The number of amides is 2. The number of rotatable bonds is 3. The van der Waals surface area contributed by atoms with Crippen LogP contribution in [-0.2, 0) is 22.4 Å². The molecule has 0 aliphatic carbocycles. The summed E-state index contributed by atoms with van der Waals surface area (Å²) < 4.78 is 0. The minimum Gasteiger partial charge on any atom is -0.326 e. The summed E-state index contributed by atoms with van der Waals surface area (Å²) in [5, 5.41) is 2.96. The van der Waals surface area contributed by atoms with Crippen molar-refractivity contribution in [2.24, 2.45) is 5.41 Å². The fourth-order valence-electron chi connectivity index (χ4n) is 3.29. The van der Waals surface area contributed by atoms with Crippen molar-refractivity contribution in [1.82, 2.24) is 0 Å². The van der Waals surface area contributed by atoms with Gasteiger partial charge in [0.25, 0.3) is 0 Å². The van der Waals surface area contributed by atoms with Gasteiger partial charge in [-0.2, -0.15) is 0 Å². The lowest BCUT2D eigenvalue weighted by Crippen LogP contribution is -2.38. The topological polar surface area (TPSA) is 49.4 Å². The van der Waals surface area contributed by atoms with Crippen LogP contribution in [-0.4, -0.2) is 18.4 Å². The molecule has 1 aliphatic rings. The molecule has 0 unspecified atom stereocenters. The van der Waals surface area contributed by atoms with Crippen molar-refractivity contribution < 1.29 is 9.59 Å². The van der Waals surface area contributed by atoms with Gasteiger partial charge in [-0.25, -0.2) is 0 Å². The maximum atomic E-state index is 12.7. The summed E-state index contributed by atoms with van der Waals surface area (Å²) in [4.78, 5) is 26.9. The molecule has 3 rings (SSSR count). The summed E-state index contributed by atoms with van der Waals surface area (Å²) in [5.74, 6) is 0.0572. The third-order valence-corrected chi connectivity index (χ3v) is 4.60. The molecular weight excluding hydrogens is 324 g/mol. The van der Waals surface area contributed by atoms with E-state index in [0.717, 1.165) is 34.5 Å². The van der Waals surface area contributed by atoms with Crippen LogP contribution in [0.4, 0.5) is 11.4 Å². The zero-order chi connectivity index (χ0) is 18.9. The molecule has 2 aromatic rings. The van der Waals surface area contributed by atoms with Gasteiger partial charge in [-0.15, -0.1) is 0 Å². The standard InChI is InChI=1S/C22H26N2O2/c1-15-6-5-7-16(12-15)13-20(25)23-18-9-8-17-10-11-24(19(17)14-18)21(26)22(2,3)4/h5-9,12,14H,10-11,13H2,1-4H3,(H,23,25). The summed E-state index contributed by atoms with van der Waals surface area (Å²) in [5.41, 5.74) is 4.51. The molecule has 0 saturated carbocycles. The zero-order valence-corrected chi connectivity index (χ0v) is 15.9. The van der Waals surface area contributed by atoms with E-state index in [-0.39, 0.29) is 11.8 Å². The second-order valence-electron chi connectivity index (χ2n) is 8.01. The van der Waals surface area contributed by atoms with E-state index in [2.05, 4.69) is 5.32 Å². The Balaban J connectivity index is 1.74. The molecule has 2 amide bonds. The lowest BCUT2D eigenvalue weighted by atomic mass is 9.94. The van der Waals surface area contributed by atoms with Crippen molar-refractivity contribution in [3.05, 3.63) is 59.2 Å². The number of hydrogen-bond acceptors (Lipinski definition) is 2. The van der Waals surface area contributed by atoms with Crippen LogP contribution in [0.15, 0.2) is 42.5 Å². The molecule has 1 aliphatic heterocycles. The Morgan fingerprint density at radius 3 is 2.58 bits per heavy atom. The molecule has 0 fully saturated rings. The molecular formula is C22H26N2O2. The van der Waals surface area contributed by atoms with E-state index in [4.69, 9.17) is 0 Å². The SMILES string of the molecule is Cc1cccc(CC(=O)Nc2ccc3c(c2)N(C(=O)C(C)(C)C)CC3)c1. The van der Waals surface area contributed by atoms with Gasteiger partial charge in [0.05, 0.1) is 6.42 Å². The van der Waals surface area contributed by atoms with Crippen molar-refractivity contribution in [2.75, 3.05) is 16.8 Å². The number of carbonyl (C=O) groups excluding carboxylic acids is 2. The van der Waals surface area contributed by atoms with Gasteiger partial charge >= 0.3 is 0 Å². The van der Waals surface area contributed by atoms with E-state index in [1.807, 2.05) is 75.1 Å². The van der Waals surface area contributed by atoms with Gasteiger partial charge in [0.15, 0.2) is 0 Å². The quantitative estimate of drug-likeness (QED) is 0.905. The van der Waals surface area contributed by atoms with Gasteiger partial charge in [-0.3, -0.25) is 9.59 Å². The number of nitrogens with zero attached hydrogens (tertiary/aromatic N) is 1. The average molecular weight is 350 g/mol. The largest absolute Gasteiger partial charge is 0.326 e. The van der Waals surface area contributed by atoms with Crippen LogP contribution < -0.4 is 10.2 Å². The van der Waals surface area contributed by atoms with Crippen molar-refractivity contribution >= 4 is 23.2 Å². The van der Waals surface area contributed by atoms with E-state index in [1.165, 1.54) is 0 Å². The predicted octanol–water partition coefficient (Wildman–Crippen LogP) is 4.11. The lowest BCUT2D eigenvalue weighted by Gasteiger charge is -2.26. The summed E-state index contributed by atoms with van der Waals surface area (Å²) in [7, 11) is 0. The number of benzene rings is 2. The molecule has 26 heavy (non-hydrogen) atoms. The van der Waals surface area contributed by atoms with E-state index < -0.39 is 5.41 Å². The zero-order valence-electron chi connectivity index (χ0n) is 15.9. The smallest absolute Gasteiger partial charge is 0.232 e. The first kappa shape index (κ1) is 18.2. The molecule has 0 bridgehead atoms. The first-order valence-electron chi connectivity index (χ1n) is 9.04. The highest BCUT2D eigenvalue weighted by molar-refractivity contribution is 6.00. The van der Waals surface area contributed by atoms with E-state index in [0.29, 0.717) is 13.0 Å². The van der Waals surface area contributed by atoms with Gasteiger partial charge < -0.3 is 10.2 Å². The first-order chi connectivity index (χ1) is 12.2. The van der Waals surface area contributed by atoms with Crippen LogP contribution in [0.3, 0.4) is 0 Å². The first-order valence-corrected chi connectivity index (χ1v) is 9.04. The Kier molecular flexibility index (Phi) is 4.86. The molecule has 1 N–H and O–H groups in total. The third kappa shape index (κ3) is 3.96. The van der Waals surface area contributed by atoms with Crippen molar-refractivity contribution in [2.45, 2.75) is 40.5 Å². The van der Waals surface area contributed by atoms with E-state index in [1.54, 1.807) is 0 Å². The lowest BCUT2D eigenvalue weighted by molar-refractivity contribution is -0.125. The Morgan fingerprint density at radius 2 is 1.88 bits per heavy atom. The summed E-state index contributed by atoms with van der Waals surface area (Å²) in [6.07, 6.45) is 1.19. The highest BCUT2D eigenvalue weighted by atomic mass is 16.2. The van der Waals surface area contributed by atoms with Crippen LogP contribution in [0.2, 0.25) is 0 Å². The number of aryl methyl sites for hydroxylation is 1. The predicted molar refractivity (Wildman–Crippen MR) is 105 cm³/mol. The number of nitrogens with one attached hydrogen (secondary N) is 1. The number of anilines is 2. The Hall–Kier alpha value is -2.62. The van der Waals surface area contributed by atoms with Crippen molar-refractivity contribution in [3.8, 4) is 0 Å². The molecule has 0 spiro atoms. The van der Waals surface area contributed by atoms with Gasteiger partial charge in [0.2, 0.25) is 11.8 Å². The highest BCUT2D eigenvalue weighted by Gasteiger charge is 2.32. The van der Waals surface area contributed by atoms with Gasteiger partial charge in [0.1, 0.15) is 0 Å². The normalized spacial score (nSPS) is 13.5. The highest BCUT2D eigenvalue weighted by Crippen LogP contribution is 2.34. The summed E-state index contributed by atoms with van der Waals surface area (Å²) >= 11 is 0. The summed E-state index contributed by atoms with van der Waals surface area (Å²) in [6.45, 7) is 8.51. The Morgan fingerprint density at radius 1 is 1.12 bits per heavy atom. The Bertz CT molecular complexity index is 849. The molecule has 0 aromatic heterocycles. The number of fused-ring (bicyclic) bond motifs is 1. The molecule has 0 atom stereocenters. The minimum atomic E-state index is -0.425. The Labute approximate surface area is 155 Å². The summed E-state index contributed by atoms with van der Waals surface area (Å²) in [6, 6.07) is 13.8. The molecule has 2 aromatic carbocycles. The molecule has 4 nitrogen and oxygen atoms in total. The second-order valence-corrected chi connectivity index (χ2v) is 8.01. The third-order valence-electron chi connectivity index (χ3n) is 4.60. The molecule has 0 radical (unpaired) electrons. The van der Waals surface area contributed by atoms with Crippen molar-refractivity contribution in [3.63, 3.8) is 0 Å². The van der Waals surface area contributed by atoms with Crippen LogP contribution in [0, 0.1) is 12.3 Å². The molecule has 1 heterocycles. The maximum absolute atomic E-state index is 12.7. The minimum absolute atomic E-state index is 0.0535. The van der Waals surface area contributed by atoms with Gasteiger partial charge in [0, 0.05) is 23.3 Å². The van der Waals surface area contributed by atoms with Crippen LogP contribution in [0.5, 0.6) is 0 Å². The molecule has 4 heteroatoms. The van der Waals surface area contributed by atoms with Crippen LogP contribution in [0.25, 0.3) is 0 Å². The average Bonchev–Trinajstić information content (AvgIpc) is 2.96. The number of carbonyl (C=O) groups is 2. The second kappa shape index (κ2) is 6.94. The fraction of sp³-hybridized carbons (Fsp3) is 0.364. The molecule has 0 saturated heterocycles. The van der Waals surface area contributed by atoms with Crippen LogP contribution >= 0.6 is 0 Å². The van der Waals surface area contributed by atoms with E-state index >= 15 is 0 Å². The van der Waals surface area contributed by atoms with Crippen molar-refractivity contribution in [1.29, 1.82) is 0 Å². The van der Waals surface area contributed by atoms with Gasteiger partial charge in [-0.05, 0) is 36.6 Å². The molecule has 136 valence electrons. The number of hydrogen-bond donors (Lipinski definition) is 1. The maximum Gasteiger partial charge on any atom is 0.232 e. The monoisotopic (exact) mass is 350 g/mol. The van der Waals surface area contributed by atoms with E-state index in [9.17, 15) is 9.59 Å². The van der Waals surface area contributed by atoms with Crippen LogP contribution in [0.1, 0.15) is 37.5 Å². The fourth-order valence-corrected chi connectivity index (χ4v) is 3.29. The van der Waals surface area contributed by atoms with Gasteiger partial charge in [-0.1, -0.05) is 56.7 Å².